The predicted octanol–water partition coefficient (Wildman–Crippen LogP) is 4.51. The number of nitrogens with one attached hydrogen (secondary N) is 1. The third-order valence-electron chi connectivity index (χ3n) is 2.74. The Labute approximate surface area is 131 Å². The van der Waals surface area contributed by atoms with Gasteiger partial charge in [-0.1, -0.05) is 36.7 Å². The van der Waals surface area contributed by atoms with Gasteiger partial charge in [0.2, 0.25) is 5.88 Å². The molecule has 112 valence electrons. The van der Waals surface area contributed by atoms with Gasteiger partial charge in [0.05, 0.1) is 0 Å². The Kier molecular flexibility index (Phi) is 4.46. The highest BCUT2D eigenvalue weighted by Crippen LogP contribution is 2.29. The van der Waals surface area contributed by atoms with Crippen molar-refractivity contribution in [3.05, 3.63) is 40.4 Å². The van der Waals surface area contributed by atoms with E-state index in [1.165, 1.54) is 6.07 Å². The zero-order valence-electron chi connectivity index (χ0n) is 12.4. The normalized spacial score (nSPS) is 11.3. The summed E-state index contributed by atoms with van der Waals surface area (Å²) in [6.45, 7) is 6.02. The molecule has 2 aromatic rings. The Bertz CT molecular complexity index is 656. The minimum Gasteiger partial charge on any atom is -0.436 e. The maximum Gasteiger partial charge on any atom is 0.224 e. The molecule has 1 N–H and O–H groups in total. The average molecular weight is 354 g/mol. The van der Waals surface area contributed by atoms with Crippen molar-refractivity contribution >= 4 is 21.7 Å². The van der Waals surface area contributed by atoms with Crippen molar-refractivity contribution in [2.75, 3.05) is 12.4 Å². The fourth-order valence-electron chi connectivity index (χ4n) is 1.61. The molecule has 0 unspecified atom stereocenters. The molecule has 0 saturated carbocycles. The zero-order valence-corrected chi connectivity index (χ0v) is 14.0. The lowest BCUT2D eigenvalue weighted by molar-refractivity contribution is 0.417. The van der Waals surface area contributed by atoms with Gasteiger partial charge >= 0.3 is 0 Å². The van der Waals surface area contributed by atoms with Crippen LogP contribution in [0, 0.1) is 5.82 Å². The van der Waals surface area contributed by atoms with E-state index < -0.39 is 5.82 Å². The van der Waals surface area contributed by atoms with Crippen LogP contribution in [0.3, 0.4) is 0 Å². The van der Waals surface area contributed by atoms with Crippen molar-refractivity contribution < 1.29 is 9.13 Å². The molecule has 4 nitrogen and oxygen atoms in total. The molecule has 1 aromatic carbocycles. The first-order valence-electron chi connectivity index (χ1n) is 6.50. The molecule has 0 amide bonds. The van der Waals surface area contributed by atoms with Gasteiger partial charge in [-0.25, -0.2) is 9.37 Å². The summed E-state index contributed by atoms with van der Waals surface area (Å²) in [6, 6.07) is 6.25. The highest BCUT2D eigenvalue weighted by Gasteiger charge is 2.20. The summed E-state index contributed by atoms with van der Waals surface area (Å²) in [6.07, 6.45) is 0. The lowest BCUT2D eigenvalue weighted by Crippen LogP contribution is -2.17. The van der Waals surface area contributed by atoms with Crippen molar-refractivity contribution in [2.45, 2.75) is 26.2 Å². The van der Waals surface area contributed by atoms with Gasteiger partial charge in [0.1, 0.15) is 11.6 Å². The molecular formula is C15H17BrFN3O. The second kappa shape index (κ2) is 5.97. The number of hydrogen-bond acceptors (Lipinski definition) is 4. The van der Waals surface area contributed by atoms with Gasteiger partial charge in [-0.15, -0.1) is 0 Å². The fraction of sp³-hybridized carbons (Fsp3) is 0.333. The van der Waals surface area contributed by atoms with Crippen LogP contribution in [-0.2, 0) is 5.41 Å². The van der Waals surface area contributed by atoms with Crippen LogP contribution < -0.4 is 10.1 Å². The van der Waals surface area contributed by atoms with Gasteiger partial charge in [-0.05, 0) is 18.2 Å². The van der Waals surface area contributed by atoms with Gasteiger partial charge in [0, 0.05) is 23.0 Å². The molecule has 1 heterocycles. The molecule has 0 fully saturated rings. The molecule has 1 aromatic heterocycles. The van der Waals surface area contributed by atoms with Crippen LogP contribution in [0.15, 0.2) is 28.7 Å². The van der Waals surface area contributed by atoms with Crippen molar-refractivity contribution in [1.29, 1.82) is 0 Å². The number of aromatic nitrogens is 2. The molecule has 0 aliphatic carbocycles. The van der Waals surface area contributed by atoms with Gasteiger partial charge in [0.25, 0.3) is 0 Å². The van der Waals surface area contributed by atoms with Gasteiger partial charge in [0.15, 0.2) is 11.6 Å². The van der Waals surface area contributed by atoms with E-state index in [1.54, 1.807) is 25.2 Å². The third kappa shape index (κ3) is 3.91. The number of nitrogens with zero attached hydrogens (tertiary/aromatic N) is 2. The molecular weight excluding hydrogens is 337 g/mol. The van der Waals surface area contributed by atoms with Gasteiger partial charge < -0.3 is 10.1 Å². The summed E-state index contributed by atoms with van der Waals surface area (Å²) in [7, 11) is 1.76. The van der Waals surface area contributed by atoms with E-state index in [9.17, 15) is 4.39 Å². The highest BCUT2D eigenvalue weighted by atomic mass is 79.9. The molecule has 0 bridgehead atoms. The van der Waals surface area contributed by atoms with Gasteiger partial charge in [-0.2, -0.15) is 4.98 Å². The molecule has 0 saturated heterocycles. The van der Waals surface area contributed by atoms with Gasteiger partial charge in [-0.3, -0.25) is 0 Å². The second-order valence-corrected chi connectivity index (χ2v) is 6.51. The Balaban J connectivity index is 2.39. The topological polar surface area (TPSA) is 47.0 Å². The zero-order chi connectivity index (χ0) is 15.6. The Hall–Kier alpha value is -1.69. The van der Waals surface area contributed by atoms with Crippen LogP contribution in [-0.4, -0.2) is 17.0 Å². The maximum absolute atomic E-state index is 13.8. The first kappa shape index (κ1) is 15.7. The lowest BCUT2D eigenvalue weighted by atomic mass is 9.96. The number of benzene rings is 1. The first-order valence-corrected chi connectivity index (χ1v) is 7.29. The number of rotatable bonds is 3. The summed E-state index contributed by atoms with van der Waals surface area (Å²) < 4.78 is 20.0. The van der Waals surface area contributed by atoms with E-state index in [1.807, 2.05) is 20.8 Å². The number of anilines is 1. The molecule has 21 heavy (non-hydrogen) atoms. The summed E-state index contributed by atoms with van der Waals surface area (Å²) >= 11 is 3.21. The highest BCUT2D eigenvalue weighted by molar-refractivity contribution is 9.10. The Morgan fingerprint density at radius 2 is 1.90 bits per heavy atom. The SMILES string of the molecule is CNc1cc(Oc2ccc(Br)cc2F)nc(C(C)(C)C)n1. The number of ether oxygens (including phenoxy) is 1. The minimum absolute atomic E-state index is 0.124. The smallest absolute Gasteiger partial charge is 0.224 e. The van der Waals surface area contributed by atoms with Crippen LogP contribution in [0.1, 0.15) is 26.6 Å². The van der Waals surface area contributed by atoms with Crippen molar-refractivity contribution in [2.24, 2.45) is 0 Å². The molecule has 0 spiro atoms. The Morgan fingerprint density at radius 1 is 1.19 bits per heavy atom. The maximum atomic E-state index is 13.8. The summed E-state index contributed by atoms with van der Waals surface area (Å²) in [4.78, 5) is 8.76. The number of hydrogen-bond donors (Lipinski definition) is 1. The monoisotopic (exact) mass is 353 g/mol. The summed E-state index contributed by atoms with van der Waals surface area (Å²) in [5.74, 6) is 1.23. The third-order valence-corrected chi connectivity index (χ3v) is 3.23. The molecule has 0 atom stereocenters. The molecule has 0 radical (unpaired) electrons. The van der Waals surface area contributed by atoms with E-state index in [0.29, 0.717) is 22.0 Å². The van der Waals surface area contributed by atoms with E-state index in [4.69, 9.17) is 4.74 Å². The van der Waals surface area contributed by atoms with Crippen LogP contribution in [0.5, 0.6) is 11.6 Å². The molecule has 0 aliphatic heterocycles. The standard InChI is InChI=1S/C15H17BrFN3O/c1-15(2,3)14-19-12(18-4)8-13(20-14)21-11-6-5-9(16)7-10(11)17/h5-8H,1-4H3,(H,18,19,20). The number of halogens is 2. The van der Waals surface area contributed by atoms with Crippen molar-refractivity contribution in [3.8, 4) is 11.6 Å². The van der Waals surface area contributed by atoms with E-state index >= 15 is 0 Å². The van der Waals surface area contributed by atoms with Crippen LogP contribution >= 0.6 is 15.9 Å². The van der Waals surface area contributed by atoms with Crippen LogP contribution in [0.2, 0.25) is 0 Å². The van der Waals surface area contributed by atoms with Crippen LogP contribution in [0.25, 0.3) is 0 Å². The second-order valence-electron chi connectivity index (χ2n) is 5.59. The lowest BCUT2D eigenvalue weighted by Gasteiger charge is -2.18. The van der Waals surface area contributed by atoms with Crippen molar-refractivity contribution in [3.63, 3.8) is 0 Å². The fourth-order valence-corrected chi connectivity index (χ4v) is 1.94. The Morgan fingerprint density at radius 3 is 2.48 bits per heavy atom. The summed E-state index contributed by atoms with van der Waals surface area (Å²) in [5, 5.41) is 2.96. The largest absolute Gasteiger partial charge is 0.436 e. The summed E-state index contributed by atoms with van der Waals surface area (Å²) in [5.41, 5.74) is -0.233. The van der Waals surface area contributed by atoms with E-state index in [2.05, 4.69) is 31.2 Å². The minimum atomic E-state index is -0.452. The average Bonchev–Trinajstić information content (AvgIpc) is 2.40. The quantitative estimate of drug-likeness (QED) is 0.881. The van der Waals surface area contributed by atoms with E-state index in [-0.39, 0.29) is 11.2 Å². The van der Waals surface area contributed by atoms with Crippen molar-refractivity contribution in [1.82, 2.24) is 9.97 Å². The van der Waals surface area contributed by atoms with E-state index in [0.717, 1.165) is 0 Å². The molecule has 6 heteroatoms. The molecule has 2 rings (SSSR count). The first-order chi connectivity index (χ1) is 9.79. The predicted molar refractivity (Wildman–Crippen MR) is 84.5 cm³/mol. The molecule has 0 aliphatic rings. The van der Waals surface area contributed by atoms with Crippen LogP contribution in [0.4, 0.5) is 10.2 Å².